The molecular weight excluding hydrogens is 312 g/mol. The first-order valence-electron chi connectivity index (χ1n) is 6.05. The molecule has 0 N–H and O–H groups in total. The molecule has 0 atom stereocenters. The Kier molecular flexibility index (Phi) is 4.81. The van der Waals surface area contributed by atoms with Crippen LogP contribution in [0.1, 0.15) is 5.01 Å². The molecule has 0 fully saturated rings. The summed E-state index contributed by atoms with van der Waals surface area (Å²) in [7, 11) is 0.879. The van der Waals surface area contributed by atoms with Crippen LogP contribution in [0.15, 0.2) is 34.7 Å². The van der Waals surface area contributed by atoms with Crippen molar-refractivity contribution in [1.82, 2.24) is 9.29 Å². The predicted octanol–water partition coefficient (Wildman–Crippen LogP) is 1.98. The molecule has 2 aromatic rings. The second kappa shape index (κ2) is 6.42. The monoisotopic (exact) mass is 328 g/mol. The smallest absolute Gasteiger partial charge is 0.243 e. The lowest BCUT2D eigenvalue weighted by Gasteiger charge is -2.17. The minimum absolute atomic E-state index is 0.152. The zero-order valence-electron chi connectivity index (χ0n) is 11.9. The first-order chi connectivity index (χ1) is 9.98. The van der Waals surface area contributed by atoms with Crippen molar-refractivity contribution in [2.24, 2.45) is 0 Å². The van der Waals surface area contributed by atoms with Gasteiger partial charge < -0.3 is 9.47 Å². The molecule has 0 radical (unpaired) electrons. The maximum Gasteiger partial charge on any atom is 0.243 e. The molecule has 6 nitrogen and oxygen atoms in total. The molecule has 0 spiro atoms. The van der Waals surface area contributed by atoms with Crippen LogP contribution >= 0.6 is 11.3 Å². The zero-order chi connectivity index (χ0) is 15.5. The number of aromatic nitrogens is 1. The van der Waals surface area contributed by atoms with Gasteiger partial charge in [-0.05, 0) is 12.1 Å². The number of ether oxygens (including phenoxy) is 2. The van der Waals surface area contributed by atoms with E-state index in [0.29, 0.717) is 11.5 Å². The minimum Gasteiger partial charge on any atom is -0.493 e. The number of rotatable bonds is 6. The van der Waals surface area contributed by atoms with Gasteiger partial charge in [0.2, 0.25) is 10.0 Å². The first kappa shape index (κ1) is 15.7. The van der Waals surface area contributed by atoms with Crippen LogP contribution in [-0.4, -0.2) is 39.0 Å². The van der Waals surface area contributed by atoms with Crippen LogP contribution in [0.25, 0.3) is 0 Å². The van der Waals surface area contributed by atoms with Crippen LogP contribution in [0, 0.1) is 0 Å². The van der Waals surface area contributed by atoms with Gasteiger partial charge in [0, 0.05) is 24.7 Å². The highest BCUT2D eigenvalue weighted by atomic mass is 32.2. The third-order valence-electron chi connectivity index (χ3n) is 2.90. The highest BCUT2D eigenvalue weighted by Gasteiger charge is 2.23. The van der Waals surface area contributed by atoms with E-state index in [0.717, 1.165) is 5.01 Å². The van der Waals surface area contributed by atoms with Crippen molar-refractivity contribution >= 4 is 21.4 Å². The first-order valence-corrected chi connectivity index (χ1v) is 8.37. The van der Waals surface area contributed by atoms with Gasteiger partial charge in [-0.1, -0.05) is 0 Å². The van der Waals surface area contributed by atoms with Crippen molar-refractivity contribution in [3.8, 4) is 11.5 Å². The third kappa shape index (κ3) is 3.34. The maximum absolute atomic E-state index is 12.5. The van der Waals surface area contributed by atoms with Crippen LogP contribution in [0.5, 0.6) is 11.5 Å². The molecule has 8 heteroatoms. The van der Waals surface area contributed by atoms with E-state index >= 15 is 0 Å². The Labute approximate surface area is 128 Å². The molecule has 0 aliphatic carbocycles. The van der Waals surface area contributed by atoms with Crippen molar-refractivity contribution < 1.29 is 17.9 Å². The molecule has 0 amide bonds. The number of sulfonamides is 1. The van der Waals surface area contributed by atoms with Gasteiger partial charge in [0.15, 0.2) is 11.5 Å². The Morgan fingerprint density at radius 1 is 1.24 bits per heavy atom. The van der Waals surface area contributed by atoms with Gasteiger partial charge >= 0.3 is 0 Å². The Morgan fingerprint density at radius 2 is 1.95 bits per heavy atom. The standard InChI is InChI=1S/C13H16N2O4S2/c1-15(9-13-14-6-7-20-13)21(16,17)10-4-5-11(18-2)12(8-10)19-3/h4-8H,9H2,1-3H3. The van der Waals surface area contributed by atoms with E-state index in [1.807, 2.05) is 5.38 Å². The summed E-state index contributed by atoms with van der Waals surface area (Å²) in [4.78, 5) is 4.24. The lowest BCUT2D eigenvalue weighted by atomic mass is 10.3. The summed E-state index contributed by atoms with van der Waals surface area (Å²) < 4.78 is 36.6. The lowest BCUT2D eigenvalue weighted by molar-refractivity contribution is 0.353. The molecule has 1 heterocycles. The van der Waals surface area contributed by atoms with Crippen molar-refractivity contribution in [2.45, 2.75) is 11.4 Å². The number of hydrogen-bond donors (Lipinski definition) is 0. The fraction of sp³-hybridized carbons (Fsp3) is 0.308. The fourth-order valence-electron chi connectivity index (χ4n) is 1.76. The normalized spacial score (nSPS) is 11.6. The quantitative estimate of drug-likeness (QED) is 0.811. The minimum atomic E-state index is -3.61. The van der Waals surface area contributed by atoms with Crippen molar-refractivity contribution in [3.63, 3.8) is 0 Å². The van der Waals surface area contributed by atoms with Crippen molar-refractivity contribution in [1.29, 1.82) is 0 Å². The second-order valence-electron chi connectivity index (χ2n) is 4.20. The number of benzene rings is 1. The molecule has 2 rings (SSSR count). The van der Waals surface area contributed by atoms with E-state index in [1.54, 1.807) is 12.3 Å². The molecule has 1 aromatic heterocycles. The van der Waals surface area contributed by atoms with Gasteiger partial charge in [-0.3, -0.25) is 0 Å². The second-order valence-corrected chi connectivity index (χ2v) is 7.23. The molecule has 114 valence electrons. The molecule has 0 unspecified atom stereocenters. The Balaban J connectivity index is 2.30. The van der Waals surface area contributed by atoms with Gasteiger partial charge in [0.25, 0.3) is 0 Å². The van der Waals surface area contributed by atoms with Crippen molar-refractivity contribution in [3.05, 3.63) is 34.8 Å². The van der Waals surface area contributed by atoms with Gasteiger partial charge in [-0.25, -0.2) is 13.4 Å². The molecule has 0 saturated heterocycles. The fourth-order valence-corrected chi connectivity index (χ4v) is 3.66. The number of thiazole rings is 1. The molecule has 0 aliphatic rings. The van der Waals surface area contributed by atoms with Gasteiger partial charge in [0.05, 0.1) is 25.7 Å². The average Bonchev–Trinajstić information content (AvgIpc) is 2.99. The summed E-state index contributed by atoms with van der Waals surface area (Å²) in [6, 6.07) is 4.52. The Morgan fingerprint density at radius 3 is 2.52 bits per heavy atom. The van der Waals surface area contributed by atoms with Crippen LogP contribution in [0.4, 0.5) is 0 Å². The van der Waals surface area contributed by atoms with E-state index in [1.165, 1.54) is 49.0 Å². The van der Waals surface area contributed by atoms with Gasteiger partial charge in [0.1, 0.15) is 5.01 Å². The number of nitrogens with zero attached hydrogens (tertiary/aromatic N) is 2. The highest BCUT2D eigenvalue weighted by molar-refractivity contribution is 7.89. The van der Waals surface area contributed by atoms with Gasteiger partial charge in [-0.15, -0.1) is 11.3 Å². The lowest BCUT2D eigenvalue weighted by Crippen LogP contribution is -2.26. The molecule has 21 heavy (non-hydrogen) atoms. The summed E-state index contributed by atoms with van der Waals surface area (Å²) >= 11 is 1.41. The summed E-state index contributed by atoms with van der Waals surface area (Å²) in [6.07, 6.45) is 1.65. The molecule has 0 saturated carbocycles. The number of methoxy groups -OCH3 is 2. The highest BCUT2D eigenvalue weighted by Crippen LogP contribution is 2.30. The van der Waals surface area contributed by atoms with Gasteiger partial charge in [-0.2, -0.15) is 4.31 Å². The van der Waals surface area contributed by atoms with Crippen LogP contribution in [-0.2, 0) is 16.6 Å². The SMILES string of the molecule is COc1ccc(S(=O)(=O)N(C)Cc2nccs2)cc1OC. The summed E-state index contributed by atoms with van der Waals surface area (Å²) in [6.45, 7) is 0.231. The topological polar surface area (TPSA) is 68.7 Å². The summed E-state index contributed by atoms with van der Waals surface area (Å²) in [5.41, 5.74) is 0. The Hall–Kier alpha value is -1.64. The molecule has 0 bridgehead atoms. The van der Waals surface area contributed by atoms with Crippen LogP contribution in [0.2, 0.25) is 0 Å². The summed E-state index contributed by atoms with van der Waals surface area (Å²) in [5, 5.41) is 2.55. The predicted molar refractivity (Wildman–Crippen MR) is 80.3 cm³/mol. The molecular formula is C13H16N2O4S2. The Bertz CT molecular complexity index is 699. The average molecular weight is 328 g/mol. The molecule has 0 aliphatic heterocycles. The molecule has 1 aromatic carbocycles. The third-order valence-corrected chi connectivity index (χ3v) is 5.47. The maximum atomic E-state index is 12.5. The van der Waals surface area contributed by atoms with Crippen LogP contribution in [0.3, 0.4) is 0 Å². The summed E-state index contributed by atoms with van der Waals surface area (Å²) in [5.74, 6) is 0.861. The van der Waals surface area contributed by atoms with E-state index in [4.69, 9.17) is 9.47 Å². The van der Waals surface area contributed by atoms with E-state index in [2.05, 4.69) is 4.98 Å². The van der Waals surface area contributed by atoms with Crippen molar-refractivity contribution in [2.75, 3.05) is 21.3 Å². The zero-order valence-corrected chi connectivity index (χ0v) is 13.6. The van der Waals surface area contributed by atoms with Crippen LogP contribution < -0.4 is 9.47 Å². The number of hydrogen-bond acceptors (Lipinski definition) is 6. The largest absolute Gasteiger partial charge is 0.493 e. The van der Waals surface area contributed by atoms with E-state index in [9.17, 15) is 8.42 Å². The van der Waals surface area contributed by atoms with E-state index in [-0.39, 0.29) is 11.4 Å². The van der Waals surface area contributed by atoms with E-state index < -0.39 is 10.0 Å².